The molecule has 0 bridgehead atoms. The zero-order chi connectivity index (χ0) is 11.5. The van der Waals surface area contributed by atoms with Crippen LogP contribution in [0.1, 0.15) is 5.56 Å². The molecule has 1 N–H and O–H groups in total. The zero-order valence-corrected chi connectivity index (χ0v) is 9.77. The molecule has 0 atom stereocenters. The fourth-order valence-corrected chi connectivity index (χ4v) is 2.08. The summed E-state index contributed by atoms with van der Waals surface area (Å²) in [6, 6.07) is 7.16. The van der Waals surface area contributed by atoms with E-state index in [2.05, 4.69) is 5.32 Å². The summed E-state index contributed by atoms with van der Waals surface area (Å²) in [5.41, 5.74) is 1.48. The van der Waals surface area contributed by atoms with E-state index in [9.17, 15) is 9.59 Å². The smallest absolute Gasteiger partial charge is 0.283 e. The van der Waals surface area contributed by atoms with E-state index >= 15 is 0 Å². The third kappa shape index (κ3) is 2.65. The molecule has 16 heavy (non-hydrogen) atoms. The molecule has 1 aromatic carbocycles. The second-order valence-electron chi connectivity index (χ2n) is 3.25. The Labute approximate surface area is 102 Å². The second-order valence-corrected chi connectivity index (χ2v) is 4.64. The molecule has 0 spiro atoms. The molecule has 1 aliphatic heterocycles. The molecule has 82 valence electrons. The molecule has 0 unspecified atom stereocenters. The number of hydrogen-bond donors (Lipinski definition) is 1. The maximum atomic E-state index is 11.4. The lowest BCUT2D eigenvalue weighted by atomic mass is 10.1. The van der Waals surface area contributed by atoms with E-state index in [-0.39, 0.29) is 11.1 Å². The van der Waals surface area contributed by atoms with E-state index in [0.717, 1.165) is 17.3 Å². The number of nitrogens with one attached hydrogen (secondary N) is 1. The SMILES string of the molecule is O=C1NC(=O)/C(=C/c2ccc(Cl)cc2)CS1. The highest BCUT2D eigenvalue weighted by molar-refractivity contribution is 8.13. The number of carbonyl (C=O) groups is 2. The van der Waals surface area contributed by atoms with Crippen molar-refractivity contribution in [3.63, 3.8) is 0 Å². The van der Waals surface area contributed by atoms with Crippen LogP contribution in [-0.4, -0.2) is 16.9 Å². The number of hydrogen-bond acceptors (Lipinski definition) is 3. The highest BCUT2D eigenvalue weighted by Crippen LogP contribution is 2.19. The van der Waals surface area contributed by atoms with Gasteiger partial charge in [-0.3, -0.25) is 14.9 Å². The highest BCUT2D eigenvalue weighted by atomic mass is 35.5. The third-order valence-electron chi connectivity index (χ3n) is 2.08. The second kappa shape index (κ2) is 4.72. The largest absolute Gasteiger partial charge is 0.286 e. The van der Waals surface area contributed by atoms with Crippen molar-refractivity contribution < 1.29 is 9.59 Å². The van der Waals surface area contributed by atoms with Crippen molar-refractivity contribution in [3.05, 3.63) is 40.4 Å². The molecule has 0 saturated carbocycles. The minimum absolute atomic E-state index is 0.293. The standard InChI is InChI=1S/C11H8ClNO2S/c12-9-3-1-7(2-4-9)5-8-6-16-11(15)13-10(8)14/h1-5H,6H2,(H,13,14,15)/b8-5+. The molecule has 1 aliphatic rings. The van der Waals surface area contributed by atoms with Gasteiger partial charge < -0.3 is 0 Å². The maximum Gasteiger partial charge on any atom is 0.286 e. The van der Waals surface area contributed by atoms with Crippen molar-refractivity contribution in [1.82, 2.24) is 5.32 Å². The molecule has 1 aromatic rings. The van der Waals surface area contributed by atoms with E-state index in [0.29, 0.717) is 16.3 Å². The Morgan fingerprint density at radius 1 is 1.25 bits per heavy atom. The average Bonchev–Trinajstić information content (AvgIpc) is 2.25. The summed E-state index contributed by atoms with van der Waals surface area (Å²) in [7, 11) is 0. The Balaban J connectivity index is 2.21. The van der Waals surface area contributed by atoms with Crippen LogP contribution in [0.4, 0.5) is 4.79 Å². The first kappa shape index (κ1) is 11.2. The van der Waals surface area contributed by atoms with Gasteiger partial charge >= 0.3 is 0 Å². The summed E-state index contributed by atoms with van der Waals surface area (Å²) in [6.07, 6.45) is 1.76. The van der Waals surface area contributed by atoms with Gasteiger partial charge in [0.05, 0.1) is 0 Å². The molecule has 0 radical (unpaired) electrons. The van der Waals surface area contributed by atoms with Crippen molar-refractivity contribution in [3.8, 4) is 0 Å². The summed E-state index contributed by atoms with van der Waals surface area (Å²) in [5, 5.41) is 2.61. The van der Waals surface area contributed by atoms with Crippen LogP contribution in [0.5, 0.6) is 0 Å². The number of thioether (sulfide) groups is 1. The molecule has 2 rings (SSSR count). The number of halogens is 1. The van der Waals surface area contributed by atoms with Gasteiger partial charge in [-0.15, -0.1) is 0 Å². The van der Waals surface area contributed by atoms with Crippen molar-refractivity contribution >= 4 is 40.6 Å². The van der Waals surface area contributed by atoms with Gasteiger partial charge in [-0.25, -0.2) is 0 Å². The van der Waals surface area contributed by atoms with Crippen LogP contribution < -0.4 is 5.32 Å². The topological polar surface area (TPSA) is 46.2 Å². The van der Waals surface area contributed by atoms with Crippen molar-refractivity contribution in [1.29, 1.82) is 0 Å². The van der Waals surface area contributed by atoms with Crippen LogP contribution in [0.3, 0.4) is 0 Å². The molecule has 0 aromatic heterocycles. The molecular weight excluding hydrogens is 246 g/mol. The fourth-order valence-electron chi connectivity index (χ4n) is 1.29. The Morgan fingerprint density at radius 3 is 2.56 bits per heavy atom. The number of imide groups is 1. The summed E-state index contributed by atoms with van der Waals surface area (Å²) in [4.78, 5) is 22.3. The van der Waals surface area contributed by atoms with Gasteiger partial charge in [-0.2, -0.15) is 0 Å². The summed E-state index contributed by atoms with van der Waals surface area (Å²) >= 11 is 6.84. The Kier molecular flexibility index (Phi) is 3.31. The Bertz CT molecular complexity index is 467. The molecule has 2 amide bonds. The Morgan fingerprint density at radius 2 is 1.94 bits per heavy atom. The summed E-state index contributed by atoms with van der Waals surface area (Å²) in [5.74, 6) is 0.0894. The van der Waals surface area contributed by atoms with E-state index < -0.39 is 0 Å². The van der Waals surface area contributed by atoms with E-state index in [1.165, 1.54) is 0 Å². The number of rotatable bonds is 1. The normalized spacial score (nSPS) is 18.7. The van der Waals surface area contributed by atoms with Gasteiger partial charge in [-0.1, -0.05) is 35.5 Å². The van der Waals surface area contributed by atoms with Gasteiger partial charge in [0.15, 0.2) is 0 Å². The first-order valence-electron chi connectivity index (χ1n) is 4.59. The minimum atomic E-state index is -0.321. The maximum absolute atomic E-state index is 11.4. The number of amides is 2. The lowest BCUT2D eigenvalue weighted by molar-refractivity contribution is -0.116. The zero-order valence-electron chi connectivity index (χ0n) is 8.20. The van der Waals surface area contributed by atoms with Gasteiger partial charge in [0.1, 0.15) is 0 Å². The summed E-state index contributed by atoms with van der Waals surface area (Å²) in [6.45, 7) is 0. The third-order valence-corrected chi connectivity index (χ3v) is 3.15. The summed E-state index contributed by atoms with van der Waals surface area (Å²) < 4.78 is 0. The van der Waals surface area contributed by atoms with Gasteiger partial charge in [0.2, 0.25) is 0 Å². The van der Waals surface area contributed by atoms with E-state index in [1.54, 1.807) is 18.2 Å². The van der Waals surface area contributed by atoms with Crippen LogP contribution >= 0.6 is 23.4 Å². The first-order valence-corrected chi connectivity index (χ1v) is 5.96. The van der Waals surface area contributed by atoms with Crippen molar-refractivity contribution in [2.45, 2.75) is 0 Å². The van der Waals surface area contributed by atoms with Crippen LogP contribution in [0.15, 0.2) is 29.8 Å². The molecule has 5 heteroatoms. The minimum Gasteiger partial charge on any atom is -0.283 e. The predicted octanol–water partition coefficient (Wildman–Crippen LogP) is 2.71. The number of benzene rings is 1. The van der Waals surface area contributed by atoms with Crippen LogP contribution in [0.25, 0.3) is 6.08 Å². The molecule has 1 fully saturated rings. The molecule has 0 aliphatic carbocycles. The highest BCUT2D eigenvalue weighted by Gasteiger charge is 2.20. The van der Waals surface area contributed by atoms with Gasteiger partial charge in [0.25, 0.3) is 11.1 Å². The average molecular weight is 254 g/mol. The first-order chi connectivity index (χ1) is 7.65. The van der Waals surface area contributed by atoms with Crippen LogP contribution in [0, 0.1) is 0 Å². The molecule has 1 saturated heterocycles. The fraction of sp³-hybridized carbons (Fsp3) is 0.0909. The van der Waals surface area contributed by atoms with Gasteiger partial charge in [-0.05, 0) is 23.8 Å². The van der Waals surface area contributed by atoms with E-state index in [4.69, 9.17) is 11.6 Å². The van der Waals surface area contributed by atoms with Crippen LogP contribution in [0.2, 0.25) is 5.02 Å². The van der Waals surface area contributed by atoms with Crippen molar-refractivity contribution in [2.75, 3.05) is 5.75 Å². The lowest BCUT2D eigenvalue weighted by Gasteiger charge is -2.12. The molecule has 3 nitrogen and oxygen atoms in total. The molecular formula is C11H8ClNO2S. The monoisotopic (exact) mass is 253 g/mol. The van der Waals surface area contributed by atoms with Crippen LogP contribution in [-0.2, 0) is 4.79 Å². The van der Waals surface area contributed by atoms with E-state index in [1.807, 2.05) is 12.1 Å². The van der Waals surface area contributed by atoms with Crippen molar-refractivity contribution in [2.24, 2.45) is 0 Å². The molecule has 1 heterocycles. The van der Waals surface area contributed by atoms with Gasteiger partial charge in [0, 0.05) is 16.3 Å². The predicted molar refractivity (Wildman–Crippen MR) is 65.4 cm³/mol. The Hall–Kier alpha value is -1.26. The lowest BCUT2D eigenvalue weighted by Crippen LogP contribution is -2.33. The quantitative estimate of drug-likeness (QED) is 0.783. The number of carbonyl (C=O) groups excluding carboxylic acids is 2.